The predicted molar refractivity (Wildman–Crippen MR) is 52.4 cm³/mol. The van der Waals surface area contributed by atoms with Crippen LogP contribution in [-0.4, -0.2) is 17.5 Å². The number of rotatable bonds is 2. The lowest BCUT2D eigenvalue weighted by Gasteiger charge is -2.35. The van der Waals surface area contributed by atoms with Gasteiger partial charge >= 0.3 is 0 Å². The molecule has 1 saturated carbocycles. The zero-order chi connectivity index (χ0) is 10.1. The minimum atomic E-state index is -0.439. The molecule has 0 aromatic carbocycles. The van der Waals surface area contributed by atoms with Gasteiger partial charge in [-0.25, -0.2) is 0 Å². The summed E-state index contributed by atoms with van der Waals surface area (Å²) in [5.41, 5.74) is -0.439. The number of hydrogen-bond donors (Lipinski definition) is 1. The molecule has 1 aliphatic rings. The molecule has 1 rings (SSSR count). The molecule has 2 nitrogen and oxygen atoms in total. The van der Waals surface area contributed by atoms with Crippen LogP contribution in [0.4, 0.5) is 0 Å². The highest BCUT2D eigenvalue weighted by Crippen LogP contribution is 2.38. The third kappa shape index (κ3) is 2.11. The molecule has 1 aliphatic carbocycles. The first-order chi connectivity index (χ1) is 5.99. The number of ketones is 1. The summed E-state index contributed by atoms with van der Waals surface area (Å²) in [6, 6.07) is 0. The van der Waals surface area contributed by atoms with Gasteiger partial charge in [-0.1, -0.05) is 20.8 Å². The average molecular weight is 184 g/mol. The van der Waals surface area contributed by atoms with Crippen molar-refractivity contribution in [2.24, 2.45) is 17.3 Å². The van der Waals surface area contributed by atoms with Crippen LogP contribution in [0.15, 0.2) is 0 Å². The highest BCUT2D eigenvalue weighted by molar-refractivity contribution is 5.85. The molecule has 2 atom stereocenters. The summed E-state index contributed by atoms with van der Waals surface area (Å²) in [5.74, 6) is 1.37. The monoisotopic (exact) mass is 184 g/mol. The molecule has 0 spiro atoms. The first kappa shape index (κ1) is 10.7. The van der Waals surface area contributed by atoms with Crippen LogP contribution in [0.1, 0.15) is 40.0 Å². The van der Waals surface area contributed by atoms with Gasteiger partial charge in [0, 0.05) is 11.8 Å². The van der Waals surface area contributed by atoms with Crippen molar-refractivity contribution < 1.29 is 9.90 Å². The Hall–Kier alpha value is -0.370. The van der Waals surface area contributed by atoms with Gasteiger partial charge in [0.1, 0.15) is 5.78 Å². The maximum atomic E-state index is 11.7. The lowest BCUT2D eigenvalue weighted by Crippen LogP contribution is -2.38. The number of aliphatic hydroxyl groups excluding tert-OH is 1. The number of Topliss-reactive ketones (excluding diaryl/α,β-unsaturated/α-hetero) is 1. The van der Waals surface area contributed by atoms with Gasteiger partial charge in [0.25, 0.3) is 0 Å². The molecule has 2 heteroatoms. The molecule has 13 heavy (non-hydrogen) atoms. The van der Waals surface area contributed by atoms with E-state index in [4.69, 9.17) is 5.11 Å². The quantitative estimate of drug-likeness (QED) is 0.712. The lowest BCUT2D eigenvalue weighted by molar-refractivity contribution is -0.135. The summed E-state index contributed by atoms with van der Waals surface area (Å²) in [5, 5.41) is 9.12. The SMILES string of the molecule is CC(C)[C@@H]1CCC(C)(CO)C(=O)C1. The van der Waals surface area contributed by atoms with Crippen molar-refractivity contribution in [3.05, 3.63) is 0 Å². The van der Waals surface area contributed by atoms with Gasteiger partial charge in [-0.05, 0) is 24.7 Å². The number of hydrogen-bond acceptors (Lipinski definition) is 2. The zero-order valence-electron chi connectivity index (χ0n) is 8.84. The van der Waals surface area contributed by atoms with E-state index in [2.05, 4.69) is 13.8 Å². The van der Waals surface area contributed by atoms with Crippen molar-refractivity contribution in [1.29, 1.82) is 0 Å². The second-order valence-corrected chi connectivity index (χ2v) is 4.89. The van der Waals surface area contributed by atoms with Gasteiger partial charge in [-0.15, -0.1) is 0 Å². The summed E-state index contributed by atoms with van der Waals surface area (Å²) in [4.78, 5) is 11.7. The van der Waals surface area contributed by atoms with Crippen molar-refractivity contribution in [2.45, 2.75) is 40.0 Å². The van der Waals surface area contributed by atoms with E-state index in [0.29, 0.717) is 18.3 Å². The normalized spacial score (nSPS) is 35.5. The van der Waals surface area contributed by atoms with E-state index in [9.17, 15) is 4.79 Å². The first-order valence-electron chi connectivity index (χ1n) is 5.14. The summed E-state index contributed by atoms with van der Waals surface area (Å²) in [6.45, 7) is 6.22. The Kier molecular flexibility index (Phi) is 3.12. The molecule has 0 bridgehead atoms. The Morgan fingerprint density at radius 3 is 2.62 bits per heavy atom. The van der Waals surface area contributed by atoms with Crippen LogP contribution < -0.4 is 0 Å². The summed E-state index contributed by atoms with van der Waals surface area (Å²) in [6.07, 6.45) is 2.60. The fourth-order valence-electron chi connectivity index (χ4n) is 1.97. The molecule has 76 valence electrons. The van der Waals surface area contributed by atoms with E-state index < -0.39 is 5.41 Å². The number of carbonyl (C=O) groups is 1. The second kappa shape index (κ2) is 3.79. The van der Waals surface area contributed by atoms with Crippen LogP contribution in [0, 0.1) is 17.3 Å². The number of aliphatic hydroxyl groups is 1. The molecular formula is C11H20O2. The fraction of sp³-hybridized carbons (Fsp3) is 0.909. The van der Waals surface area contributed by atoms with E-state index in [-0.39, 0.29) is 12.4 Å². The van der Waals surface area contributed by atoms with Gasteiger partial charge < -0.3 is 5.11 Å². The van der Waals surface area contributed by atoms with Crippen LogP contribution >= 0.6 is 0 Å². The van der Waals surface area contributed by atoms with E-state index in [1.165, 1.54) is 0 Å². The maximum absolute atomic E-state index is 11.7. The largest absolute Gasteiger partial charge is 0.395 e. The Bertz CT molecular complexity index is 198. The van der Waals surface area contributed by atoms with Crippen LogP contribution in [0.3, 0.4) is 0 Å². The molecule has 0 heterocycles. The van der Waals surface area contributed by atoms with Gasteiger partial charge in [-0.3, -0.25) is 4.79 Å². The highest BCUT2D eigenvalue weighted by atomic mass is 16.3. The highest BCUT2D eigenvalue weighted by Gasteiger charge is 2.38. The third-order valence-corrected chi connectivity index (χ3v) is 3.48. The van der Waals surface area contributed by atoms with Gasteiger partial charge in [0.15, 0.2) is 0 Å². The molecule has 0 aromatic rings. The molecule has 1 unspecified atom stereocenters. The average Bonchev–Trinajstić information content (AvgIpc) is 2.09. The smallest absolute Gasteiger partial charge is 0.141 e. The van der Waals surface area contributed by atoms with E-state index in [1.54, 1.807) is 0 Å². The van der Waals surface area contributed by atoms with E-state index in [1.807, 2.05) is 6.92 Å². The van der Waals surface area contributed by atoms with Crippen LogP contribution in [-0.2, 0) is 4.79 Å². The third-order valence-electron chi connectivity index (χ3n) is 3.48. The van der Waals surface area contributed by atoms with Gasteiger partial charge in [0.2, 0.25) is 0 Å². The Balaban J connectivity index is 2.62. The Morgan fingerprint density at radius 2 is 2.23 bits per heavy atom. The summed E-state index contributed by atoms with van der Waals surface area (Å²) in [7, 11) is 0. The summed E-state index contributed by atoms with van der Waals surface area (Å²) < 4.78 is 0. The van der Waals surface area contributed by atoms with Crippen LogP contribution in [0.2, 0.25) is 0 Å². The molecule has 0 aliphatic heterocycles. The zero-order valence-corrected chi connectivity index (χ0v) is 8.84. The number of carbonyl (C=O) groups excluding carboxylic acids is 1. The Morgan fingerprint density at radius 1 is 1.62 bits per heavy atom. The summed E-state index contributed by atoms with van der Waals surface area (Å²) >= 11 is 0. The van der Waals surface area contributed by atoms with Crippen molar-refractivity contribution >= 4 is 5.78 Å². The molecular weight excluding hydrogens is 164 g/mol. The van der Waals surface area contributed by atoms with Crippen LogP contribution in [0.25, 0.3) is 0 Å². The molecule has 0 aromatic heterocycles. The predicted octanol–water partition coefficient (Wildman–Crippen LogP) is 2.01. The Labute approximate surface area is 80.3 Å². The fourth-order valence-corrected chi connectivity index (χ4v) is 1.97. The second-order valence-electron chi connectivity index (χ2n) is 4.89. The molecule has 0 radical (unpaired) electrons. The van der Waals surface area contributed by atoms with E-state index >= 15 is 0 Å². The lowest BCUT2D eigenvalue weighted by atomic mass is 9.68. The molecule has 1 N–H and O–H groups in total. The van der Waals surface area contributed by atoms with Crippen LogP contribution in [0.5, 0.6) is 0 Å². The van der Waals surface area contributed by atoms with Crippen molar-refractivity contribution in [3.63, 3.8) is 0 Å². The minimum absolute atomic E-state index is 0.0106. The minimum Gasteiger partial charge on any atom is -0.395 e. The van der Waals surface area contributed by atoms with Crippen molar-refractivity contribution in [1.82, 2.24) is 0 Å². The van der Waals surface area contributed by atoms with E-state index in [0.717, 1.165) is 12.8 Å². The molecule has 1 fully saturated rings. The van der Waals surface area contributed by atoms with Gasteiger partial charge in [0.05, 0.1) is 6.61 Å². The van der Waals surface area contributed by atoms with Crippen molar-refractivity contribution in [3.8, 4) is 0 Å². The van der Waals surface area contributed by atoms with Crippen molar-refractivity contribution in [2.75, 3.05) is 6.61 Å². The molecule has 0 amide bonds. The standard InChI is InChI=1S/C11H20O2/c1-8(2)9-4-5-11(3,7-12)10(13)6-9/h8-9,12H,4-7H2,1-3H3/t9-,11?/m1/s1. The maximum Gasteiger partial charge on any atom is 0.141 e. The van der Waals surface area contributed by atoms with Gasteiger partial charge in [-0.2, -0.15) is 0 Å². The topological polar surface area (TPSA) is 37.3 Å². The molecule has 0 saturated heterocycles. The first-order valence-corrected chi connectivity index (χ1v) is 5.14.